The standard InChI is InChI=1S/C26H34N3/c1-7-26(4)21-16-11-12-17-22(21)29(6)24(26)19-13-18-23(25(2,3)27)28(5)20-14-9-8-10-15-20/h8-19H,7,27H2,1-6H3/q+1. The summed E-state index contributed by atoms with van der Waals surface area (Å²) in [5, 5.41) is 0. The SMILES string of the molecule is CCC1(C)/C(=C\C=C\C(=[N+](C)c2ccccc2)C(C)(C)N)N(C)c2ccccc21. The van der Waals surface area contributed by atoms with Gasteiger partial charge in [0.2, 0.25) is 11.4 Å². The van der Waals surface area contributed by atoms with E-state index in [9.17, 15) is 0 Å². The Morgan fingerprint density at radius 3 is 2.34 bits per heavy atom. The summed E-state index contributed by atoms with van der Waals surface area (Å²) in [5.41, 5.74) is 12.3. The maximum Gasteiger partial charge on any atom is 0.205 e. The second-order valence-corrected chi connectivity index (χ2v) is 8.67. The molecule has 0 bridgehead atoms. The molecular weight excluding hydrogens is 354 g/mol. The van der Waals surface area contributed by atoms with E-state index in [1.54, 1.807) is 0 Å². The summed E-state index contributed by atoms with van der Waals surface area (Å²) < 4.78 is 2.17. The summed E-state index contributed by atoms with van der Waals surface area (Å²) in [6, 6.07) is 19.1. The van der Waals surface area contributed by atoms with Crippen LogP contribution >= 0.6 is 0 Å². The van der Waals surface area contributed by atoms with Crippen molar-refractivity contribution in [3.63, 3.8) is 0 Å². The first-order chi connectivity index (χ1) is 13.7. The van der Waals surface area contributed by atoms with Crippen LogP contribution in [0.1, 0.15) is 39.7 Å². The summed E-state index contributed by atoms with van der Waals surface area (Å²) in [6.07, 6.45) is 7.59. The Morgan fingerprint density at radius 2 is 1.72 bits per heavy atom. The number of anilines is 1. The molecule has 0 saturated heterocycles. The third-order valence-electron chi connectivity index (χ3n) is 6.17. The Balaban J connectivity index is 2.03. The van der Waals surface area contributed by atoms with Gasteiger partial charge in [-0.2, -0.15) is 4.58 Å². The van der Waals surface area contributed by atoms with Crippen LogP contribution in [0.4, 0.5) is 11.4 Å². The van der Waals surface area contributed by atoms with E-state index in [2.05, 4.69) is 104 Å². The number of nitrogens with two attached hydrogens (primary N) is 1. The predicted molar refractivity (Wildman–Crippen MR) is 125 cm³/mol. The summed E-state index contributed by atoms with van der Waals surface area (Å²) in [6.45, 7) is 8.69. The van der Waals surface area contributed by atoms with Gasteiger partial charge in [0, 0.05) is 42.1 Å². The molecule has 3 heteroatoms. The van der Waals surface area contributed by atoms with Gasteiger partial charge in [-0.3, -0.25) is 0 Å². The molecule has 2 N–H and O–H groups in total. The molecule has 0 saturated carbocycles. The third kappa shape index (κ3) is 3.92. The Morgan fingerprint density at radius 1 is 1.10 bits per heavy atom. The number of para-hydroxylation sites is 2. The van der Waals surface area contributed by atoms with Crippen LogP contribution in [0.2, 0.25) is 0 Å². The lowest BCUT2D eigenvalue weighted by Crippen LogP contribution is -2.44. The van der Waals surface area contributed by atoms with Crippen molar-refractivity contribution in [1.29, 1.82) is 0 Å². The van der Waals surface area contributed by atoms with Gasteiger partial charge in [-0.05, 0) is 44.9 Å². The van der Waals surface area contributed by atoms with Gasteiger partial charge in [0.1, 0.15) is 7.05 Å². The van der Waals surface area contributed by atoms with Crippen LogP contribution in [0.15, 0.2) is 78.5 Å². The molecule has 1 atom stereocenters. The number of nitrogens with zero attached hydrogens (tertiary/aromatic N) is 2. The summed E-state index contributed by atoms with van der Waals surface area (Å²) >= 11 is 0. The zero-order valence-electron chi connectivity index (χ0n) is 18.6. The molecular formula is C26H34N3+. The average molecular weight is 389 g/mol. The quantitative estimate of drug-likeness (QED) is 0.550. The van der Waals surface area contributed by atoms with Gasteiger partial charge >= 0.3 is 0 Å². The maximum atomic E-state index is 6.53. The fourth-order valence-electron chi connectivity index (χ4n) is 4.32. The van der Waals surface area contributed by atoms with Crippen molar-refractivity contribution in [1.82, 2.24) is 0 Å². The van der Waals surface area contributed by atoms with Crippen LogP contribution in [0, 0.1) is 0 Å². The van der Waals surface area contributed by atoms with Gasteiger partial charge in [-0.1, -0.05) is 49.4 Å². The first-order valence-corrected chi connectivity index (χ1v) is 10.4. The van der Waals surface area contributed by atoms with E-state index in [0.29, 0.717) is 0 Å². The molecule has 0 fully saturated rings. The average Bonchev–Trinajstić information content (AvgIpc) is 2.93. The molecule has 152 valence electrons. The van der Waals surface area contributed by atoms with Crippen molar-refractivity contribution >= 4 is 17.1 Å². The van der Waals surface area contributed by atoms with Crippen molar-refractivity contribution in [3.8, 4) is 0 Å². The van der Waals surface area contributed by atoms with E-state index in [4.69, 9.17) is 5.73 Å². The number of fused-ring (bicyclic) bond motifs is 1. The van der Waals surface area contributed by atoms with Gasteiger partial charge in [0.05, 0.1) is 5.54 Å². The number of likely N-dealkylation sites (N-methyl/N-ethyl adjacent to an activating group) is 1. The molecule has 0 spiro atoms. The molecule has 1 unspecified atom stereocenters. The highest BCUT2D eigenvalue weighted by molar-refractivity contribution is 5.98. The molecule has 1 aliphatic heterocycles. The molecule has 3 nitrogen and oxygen atoms in total. The zero-order chi connectivity index (χ0) is 21.2. The summed E-state index contributed by atoms with van der Waals surface area (Å²) in [7, 11) is 4.23. The Labute approximate surface area is 175 Å². The Hall–Kier alpha value is -2.65. The summed E-state index contributed by atoms with van der Waals surface area (Å²) in [5.74, 6) is 0. The highest BCUT2D eigenvalue weighted by Gasteiger charge is 2.40. The fourth-order valence-corrected chi connectivity index (χ4v) is 4.32. The number of hydrogen-bond donors (Lipinski definition) is 1. The van der Waals surface area contributed by atoms with Crippen molar-refractivity contribution in [2.24, 2.45) is 5.73 Å². The highest BCUT2D eigenvalue weighted by atomic mass is 15.2. The summed E-state index contributed by atoms with van der Waals surface area (Å²) in [4.78, 5) is 2.32. The lowest BCUT2D eigenvalue weighted by Gasteiger charge is -2.27. The largest absolute Gasteiger partial charge is 0.347 e. The molecule has 1 heterocycles. The van der Waals surface area contributed by atoms with E-state index in [-0.39, 0.29) is 5.41 Å². The monoisotopic (exact) mass is 388 g/mol. The van der Waals surface area contributed by atoms with Gasteiger partial charge in [0.15, 0.2) is 0 Å². The zero-order valence-corrected chi connectivity index (χ0v) is 18.6. The van der Waals surface area contributed by atoms with Crippen LogP contribution in [0.5, 0.6) is 0 Å². The molecule has 2 aromatic rings. The van der Waals surface area contributed by atoms with Gasteiger partial charge < -0.3 is 10.6 Å². The Bertz CT molecular complexity index is 961. The van der Waals surface area contributed by atoms with Gasteiger partial charge in [0.25, 0.3) is 0 Å². The molecule has 0 aliphatic carbocycles. The molecule has 1 aliphatic rings. The lowest BCUT2D eigenvalue weighted by molar-refractivity contribution is -0.407. The molecule has 0 aromatic heterocycles. The number of rotatable bonds is 5. The first-order valence-electron chi connectivity index (χ1n) is 10.4. The van der Waals surface area contributed by atoms with Crippen LogP contribution in [-0.2, 0) is 5.41 Å². The van der Waals surface area contributed by atoms with Gasteiger partial charge in [-0.25, -0.2) is 0 Å². The number of benzene rings is 2. The van der Waals surface area contributed by atoms with Crippen molar-refractivity contribution in [2.45, 2.75) is 45.1 Å². The lowest BCUT2D eigenvalue weighted by atomic mass is 9.79. The van der Waals surface area contributed by atoms with Crippen molar-refractivity contribution in [2.75, 3.05) is 19.0 Å². The second kappa shape index (κ2) is 8.00. The fraction of sp³-hybridized carbons (Fsp3) is 0.346. The number of allylic oxidation sites excluding steroid dienone is 3. The highest BCUT2D eigenvalue weighted by Crippen LogP contribution is 2.48. The molecule has 3 rings (SSSR count). The molecule has 0 amide bonds. The minimum atomic E-state index is -0.460. The maximum absolute atomic E-state index is 6.53. The van der Waals surface area contributed by atoms with Gasteiger partial charge in [-0.15, -0.1) is 0 Å². The topological polar surface area (TPSA) is 32.3 Å². The molecule has 2 aromatic carbocycles. The predicted octanol–water partition coefficient (Wildman–Crippen LogP) is 5.40. The van der Waals surface area contributed by atoms with Crippen molar-refractivity contribution < 1.29 is 4.58 Å². The first kappa shape index (κ1) is 21.1. The van der Waals surface area contributed by atoms with Crippen LogP contribution < -0.4 is 10.6 Å². The molecule has 0 radical (unpaired) electrons. The normalized spacial score (nSPS) is 21.6. The van der Waals surface area contributed by atoms with Crippen LogP contribution in [0.25, 0.3) is 0 Å². The minimum Gasteiger partial charge on any atom is -0.347 e. The smallest absolute Gasteiger partial charge is 0.205 e. The van der Waals surface area contributed by atoms with Crippen LogP contribution in [-0.4, -0.2) is 29.9 Å². The van der Waals surface area contributed by atoms with E-state index in [0.717, 1.165) is 17.8 Å². The van der Waals surface area contributed by atoms with Crippen LogP contribution in [0.3, 0.4) is 0 Å². The number of hydrogen-bond acceptors (Lipinski definition) is 2. The minimum absolute atomic E-state index is 0.0133. The van der Waals surface area contributed by atoms with Crippen molar-refractivity contribution in [3.05, 3.63) is 84.1 Å². The Kier molecular flexibility index (Phi) is 5.81. The van der Waals surface area contributed by atoms with E-state index < -0.39 is 5.54 Å². The van der Waals surface area contributed by atoms with E-state index >= 15 is 0 Å². The third-order valence-corrected chi connectivity index (χ3v) is 6.17. The second-order valence-electron chi connectivity index (χ2n) is 8.67. The van der Waals surface area contributed by atoms with E-state index in [1.807, 2.05) is 19.9 Å². The molecule has 29 heavy (non-hydrogen) atoms. The van der Waals surface area contributed by atoms with E-state index in [1.165, 1.54) is 16.9 Å².